The summed E-state index contributed by atoms with van der Waals surface area (Å²) in [5, 5.41) is 0. The number of benzene rings is 1. The van der Waals surface area contributed by atoms with Crippen LogP contribution in [0.2, 0.25) is 0 Å². The number of anilines is 1. The van der Waals surface area contributed by atoms with Crippen molar-refractivity contribution in [1.29, 1.82) is 0 Å². The van der Waals surface area contributed by atoms with Crippen molar-refractivity contribution in [3.63, 3.8) is 0 Å². The summed E-state index contributed by atoms with van der Waals surface area (Å²) in [6, 6.07) is 5.97. The number of carbonyl (C=O) groups excluding carboxylic acids is 1. The molecule has 1 atom stereocenters. The molecule has 3 nitrogen and oxygen atoms in total. The number of hydrogen-bond acceptors (Lipinski definition) is 2. The van der Waals surface area contributed by atoms with Crippen molar-refractivity contribution in [3.8, 4) is 0 Å². The maximum absolute atomic E-state index is 12.9. The van der Waals surface area contributed by atoms with Gasteiger partial charge in [-0.15, -0.1) is 0 Å². The molecule has 0 fully saturated rings. The maximum Gasteiger partial charge on any atom is 0.231 e. The second-order valence-corrected chi connectivity index (χ2v) is 4.28. The van der Waals surface area contributed by atoms with Crippen LogP contribution in [0.25, 0.3) is 0 Å². The van der Waals surface area contributed by atoms with Gasteiger partial charge in [0.1, 0.15) is 5.82 Å². The summed E-state index contributed by atoms with van der Waals surface area (Å²) >= 11 is 0. The zero-order chi connectivity index (χ0) is 13.5. The molecule has 0 spiro atoms. The molecule has 0 aromatic heterocycles. The first-order valence-corrected chi connectivity index (χ1v) is 6.41. The molecule has 0 aliphatic rings. The van der Waals surface area contributed by atoms with Crippen LogP contribution in [0.1, 0.15) is 26.7 Å². The van der Waals surface area contributed by atoms with E-state index >= 15 is 0 Å². The summed E-state index contributed by atoms with van der Waals surface area (Å²) in [5.74, 6) is -0.431. The summed E-state index contributed by atoms with van der Waals surface area (Å²) in [5.41, 5.74) is 6.37. The Balaban J connectivity index is 2.88. The van der Waals surface area contributed by atoms with Gasteiger partial charge in [0.15, 0.2) is 0 Å². The van der Waals surface area contributed by atoms with Gasteiger partial charge in [-0.1, -0.05) is 13.3 Å². The largest absolute Gasteiger partial charge is 0.330 e. The smallest absolute Gasteiger partial charge is 0.231 e. The van der Waals surface area contributed by atoms with Gasteiger partial charge in [-0.2, -0.15) is 0 Å². The number of amides is 1. The van der Waals surface area contributed by atoms with Crippen molar-refractivity contribution < 1.29 is 9.18 Å². The van der Waals surface area contributed by atoms with E-state index in [9.17, 15) is 9.18 Å². The van der Waals surface area contributed by atoms with E-state index in [1.807, 2.05) is 13.8 Å². The topological polar surface area (TPSA) is 46.3 Å². The Morgan fingerprint density at radius 1 is 1.33 bits per heavy atom. The van der Waals surface area contributed by atoms with E-state index in [0.29, 0.717) is 13.1 Å². The first-order chi connectivity index (χ1) is 8.63. The summed E-state index contributed by atoms with van der Waals surface area (Å²) < 4.78 is 12.9. The van der Waals surface area contributed by atoms with E-state index < -0.39 is 0 Å². The van der Waals surface area contributed by atoms with E-state index in [0.717, 1.165) is 18.5 Å². The van der Waals surface area contributed by atoms with Gasteiger partial charge in [-0.25, -0.2) is 4.39 Å². The van der Waals surface area contributed by atoms with Crippen LogP contribution in [-0.2, 0) is 4.79 Å². The van der Waals surface area contributed by atoms with Gasteiger partial charge in [0, 0.05) is 18.8 Å². The van der Waals surface area contributed by atoms with Crippen LogP contribution in [-0.4, -0.2) is 19.0 Å². The van der Waals surface area contributed by atoms with E-state index in [1.54, 1.807) is 17.0 Å². The number of halogens is 1. The minimum Gasteiger partial charge on any atom is -0.330 e. The van der Waals surface area contributed by atoms with Crippen LogP contribution >= 0.6 is 0 Å². The van der Waals surface area contributed by atoms with Gasteiger partial charge in [-0.05, 0) is 37.6 Å². The fraction of sp³-hybridized carbons (Fsp3) is 0.500. The molecule has 4 heteroatoms. The molecule has 0 aliphatic heterocycles. The molecule has 0 heterocycles. The lowest BCUT2D eigenvalue weighted by Gasteiger charge is -2.25. The standard InChI is InChI=1S/C14H21FN2O/c1-3-5-11(10-16)14(18)17(4-2)13-8-6-12(15)7-9-13/h6-9,11H,3-5,10,16H2,1-2H3. The highest BCUT2D eigenvalue weighted by Crippen LogP contribution is 2.19. The second-order valence-electron chi connectivity index (χ2n) is 4.28. The molecule has 0 saturated heterocycles. The van der Waals surface area contributed by atoms with Gasteiger partial charge >= 0.3 is 0 Å². The van der Waals surface area contributed by atoms with Crippen molar-refractivity contribution in [2.24, 2.45) is 11.7 Å². The fourth-order valence-electron chi connectivity index (χ4n) is 2.00. The van der Waals surface area contributed by atoms with Crippen LogP contribution in [0.3, 0.4) is 0 Å². The Hall–Kier alpha value is -1.42. The Labute approximate surface area is 108 Å². The van der Waals surface area contributed by atoms with Crippen LogP contribution in [0.15, 0.2) is 24.3 Å². The third-order valence-corrected chi connectivity index (χ3v) is 2.99. The monoisotopic (exact) mass is 252 g/mol. The minimum absolute atomic E-state index is 0.0217. The normalized spacial score (nSPS) is 12.2. The van der Waals surface area contributed by atoms with Gasteiger partial charge in [0.25, 0.3) is 0 Å². The van der Waals surface area contributed by atoms with Crippen LogP contribution in [0.4, 0.5) is 10.1 Å². The summed E-state index contributed by atoms with van der Waals surface area (Å²) in [4.78, 5) is 14.0. The second kappa shape index (κ2) is 7.11. The molecule has 1 aromatic carbocycles. The lowest BCUT2D eigenvalue weighted by molar-refractivity contribution is -0.122. The van der Waals surface area contributed by atoms with Gasteiger partial charge in [0.2, 0.25) is 5.91 Å². The van der Waals surface area contributed by atoms with Crippen molar-refractivity contribution in [1.82, 2.24) is 0 Å². The number of hydrogen-bond donors (Lipinski definition) is 1. The Morgan fingerprint density at radius 2 is 1.94 bits per heavy atom. The fourth-order valence-corrected chi connectivity index (χ4v) is 2.00. The quantitative estimate of drug-likeness (QED) is 0.845. The van der Waals surface area contributed by atoms with Gasteiger partial charge < -0.3 is 10.6 Å². The molecule has 1 rings (SSSR count). The number of rotatable bonds is 6. The van der Waals surface area contributed by atoms with Crippen molar-refractivity contribution in [3.05, 3.63) is 30.1 Å². The molecule has 100 valence electrons. The first-order valence-electron chi connectivity index (χ1n) is 6.41. The highest BCUT2D eigenvalue weighted by Gasteiger charge is 2.22. The van der Waals surface area contributed by atoms with Gasteiger partial charge in [0.05, 0.1) is 5.92 Å². The Morgan fingerprint density at radius 3 is 2.39 bits per heavy atom. The SMILES string of the molecule is CCCC(CN)C(=O)N(CC)c1ccc(F)cc1. The van der Waals surface area contributed by atoms with Crippen LogP contribution in [0, 0.1) is 11.7 Å². The zero-order valence-electron chi connectivity index (χ0n) is 11.0. The maximum atomic E-state index is 12.9. The molecule has 0 saturated carbocycles. The lowest BCUT2D eigenvalue weighted by Crippen LogP contribution is -2.39. The van der Waals surface area contributed by atoms with Crippen LogP contribution < -0.4 is 10.6 Å². The van der Waals surface area contributed by atoms with E-state index in [1.165, 1.54) is 12.1 Å². The molecular formula is C14H21FN2O. The van der Waals surface area contributed by atoms with Gasteiger partial charge in [-0.3, -0.25) is 4.79 Å². The zero-order valence-corrected chi connectivity index (χ0v) is 11.0. The molecule has 0 aliphatic carbocycles. The molecule has 0 radical (unpaired) electrons. The highest BCUT2D eigenvalue weighted by molar-refractivity contribution is 5.95. The highest BCUT2D eigenvalue weighted by atomic mass is 19.1. The summed E-state index contributed by atoms with van der Waals surface area (Å²) in [6.45, 7) is 4.85. The van der Waals surface area contributed by atoms with E-state index in [2.05, 4.69) is 0 Å². The van der Waals surface area contributed by atoms with Crippen molar-refractivity contribution in [2.75, 3.05) is 18.0 Å². The van der Waals surface area contributed by atoms with Crippen molar-refractivity contribution >= 4 is 11.6 Å². The number of nitrogens with two attached hydrogens (primary N) is 1. The lowest BCUT2D eigenvalue weighted by atomic mass is 10.0. The minimum atomic E-state index is -0.300. The first kappa shape index (κ1) is 14.6. The third kappa shape index (κ3) is 3.53. The van der Waals surface area contributed by atoms with E-state index in [-0.39, 0.29) is 17.6 Å². The average molecular weight is 252 g/mol. The van der Waals surface area contributed by atoms with Crippen molar-refractivity contribution in [2.45, 2.75) is 26.7 Å². The summed E-state index contributed by atoms with van der Waals surface area (Å²) in [7, 11) is 0. The van der Waals surface area contributed by atoms with E-state index in [4.69, 9.17) is 5.73 Å². The molecule has 18 heavy (non-hydrogen) atoms. The molecule has 1 unspecified atom stereocenters. The van der Waals surface area contributed by atoms with Crippen LogP contribution in [0.5, 0.6) is 0 Å². The predicted octanol–water partition coefficient (Wildman–Crippen LogP) is 2.55. The number of carbonyl (C=O) groups is 1. The Kier molecular flexibility index (Phi) is 5.78. The Bertz CT molecular complexity index is 378. The number of nitrogens with zero attached hydrogens (tertiary/aromatic N) is 1. The molecule has 1 aromatic rings. The molecular weight excluding hydrogens is 231 g/mol. The molecule has 1 amide bonds. The third-order valence-electron chi connectivity index (χ3n) is 2.99. The summed E-state index contributed by atoms with van der Waals surface area (Å²) in [6.07, 6.45) is 1.71. The molecule has 0 bridgehead atoms. The average Bonchev–Trinajstić information content (AvgIpc) is 2.38. The predicted molar refractivity (Wildman–Crippen MR) is 71.9 cm³/mol. The molecule has 2 N–H and O–H groups in total.